The van der Waals surface area contributed by atoms with Gasteiger partial charge in [-0.1, -0.05) is 32.4 Å². The van der Waals surface area contributed by atoms with E-state index < -0.39 is 0 Å². The molecule has 1 fully saturated rings. The molecular weight excluding hydrogens is 314 g/mol. The Bertz CT molecular complexity index is 619. The van der Waals surface area contributed by atoms with Gasteiger partial charge in [0.1, 0.15) is 16.5 Å². The van der Waals surface area contributed by atoms with Gasteiger partial charge in [0.15, 0.2) is 0 Å². The third-order valence-corrected chi connectivity index (χ3v) is 5.40. The van der Waals surface area contributed by atoms with Crippen LogP contribution in [0.1, 0.15) is 70.5 Å². The molecule has 0 atom stereocenters. The molecule has 0 aromatic carbocycles. The van der Waals surface area contributed by atoms with Crippen LogP contribution < -0.4 is 0 Å². The number of aliphatic imine (C=N–C) groups is 1. The number of thiazole rings is 1. The first kappa shape index (κ1) is 18.9. The lowest BCUT2D eigenvalue weighted by Gasteiger charge is -2.28. The second-order valence-corrected chi connectivity index (χ2v) is 7.42. The number of nitrogens with zero attached hydrogens (tertiary/aromatic N) is 3. The number of allylic oxidation sites excluding steroid dienone is 2. The number of hydrogen-bond acceptors (Lipinski definition) is 3. The lowest BCUT2D eigenvalue weighted by molar-refractivity contribution is 0.340. The molecule has 0 bridgehead atoms. The summed E-state index contributed by atoms with van der Waals surface area (Å²) in [6.07, 6.45) is 6.94. The molecule has 1 aliphatic heterocycles. The molecule has 1 aromatic heterocycles. The Morgan fingerprint density at radius 2 is 1.96 bits per heavy atom. The van der Waals surface area contributed by atoms with Crippen molar-refractivity contribution in [2.75, 3.05) is 13.1 Å². The fourth-order valence-corrected chi connectivity index (χ4v) is 3.97. The van der Waals surface area contributed by atoms with E-state index in [-0.39, 0.29) is 0 Å². The molecule has 3 nitrogen and oxygen atoms in total. The molecule has 0 amide bonds. The standard InChI is InChI=1S/C20H31N3S/c1-6-11-18(15(3)4)19(20-22-17(7-2)14-24-20)21-16(5)23-12-9-8-10-13-23/h14H,3,6-13H2,1-2,4-5H3/b19-18-,21-16?. The van der Waals surface area contributed by atoms with E-state index in [1.54, 1.807) is 11.3 Å². The summed E-state index contributed by atoms with van der Waals surface area (Å²) in [5, 5.41) is 3.19. The Hall–Kier alpha value is -1.42. The van der Waals surface area contributed by atoms with E-state index in [1.807, 2.05) is 0 Å². The van der Waals surface area contributed by atoms with E-state index in [4.69, 9.17) is 9.98 Å². The van der Waals surface area contributed by atoms with Gasteiger partial charge in [-0.2, -0.15) is 0 Å². The zero-order valence-electron chi connectivity index (χ0n) is 15.7. The summed E-state index contributed by atoms with van der Waals surface area (Å²) < 4.78 is 0. The molecule has 1 aliphatic rings. The highest BCUT2D eigenvalue weighted by atomic mass is 32.1. The van der Waals surface area contributed by atoms with Gasteiger partial charge in [-0.15, -0.1) is 11.3 Å². The maximum Gasteiger partial charge on any atom is 0.142 e. The quantitative estimate of drug-likeness (QED) is 0.376. The lowest BCUT2D eigenvalue weighted by Crippen LogP contribution is -2.34. The number of piperidine rings is 1. The maximum atomic E-state index is 5.07. The first-order chi connectivity index (χ1) is 11.6. The molecule has 0 spiro atoms. The summed E-state index contributed by atoms with van der Waals surface area (Å²) in [4.78, 5) is 12.3. The summed E-state index contributed by atoms with van der Waals surface area (Å²) in [5.41, 5.74) is 4.55. The molecule has 24 heavy (non-hydrogen) atoms. The Kier molecular flexibility index (Phi) is 7.22. The van der Waals surface area contributed by atoms with Crippen LogP contribution in [0.3, 0.4) is 0 Å². The average molecular weight is 346 g/mol. The van der Waals surface area contributed by atoms with Gasteiger partial charge in [0.2, 0.25) is 0 Å². The maximum absolute atomic E-state index is 5.07. The molecule has 132 valence electrons. The van der Waals surface area contributed by atoms with Gasteiger partial charge in [-0.25, -0.2) is 9.98 Å². The topological polar surface area (TPSA) is 28.5 Å². The summed E-state index contributed by atoms with van der Waals surface area (Å²) >= 11 is 1.71. The predicted octanol–water partition coefficient (Wildman–Crippen LogP) is 5.70. The predicted molar refractivity (Wildman–Crippen MR) is 107 cm³/mol. The van der Waals surface area contributed by atoms with E-state index in [9.17, 15) is 0 Å². The van der Waals surface area contributed by atoms with Gasteiger partial charge >= 0.3 is 0 Å². The minimum atomic E-state index is 0.967. The SMILES string of the molecule is C=C(C)/C(CCC)=C(\N=C(C)N1CCCCC1)c1nc(CC)cs1. The van der Waals surface area contributed by atoms with Crippen molar-refractivity contribution in [3.63, 3.8) is 0 Å². The molecule has 0 aliphatic carbocycles. The van der Waals surface area contributed by atoms with E-state index in [0.717, 1.165) is 60.2 Å². The second-order valence-electron chi connectivity index (χ2n) is 6.56. The minimum Gasteiger partial charge on any atom is -0.360 e. The highest BCUT2D eigenvalue weighted by Crippen LogP contribution is 2.30. The van der Waals surface area contributed by atoms with Crippen LogP contribution in [0.4, 0.5) is 0 Å². The van der Waals surface area contributed by atoms with E-state index in [1.165, 1.54) is 24.8 Å². The molecule has 2 heterocycles. The molecule has 4 heteroatoms. The van der Waals surface area contributed by atoms with Crippen molar-refractivity contribution in [3.8, 4) is 0 Å². The molecule has 0 N–H and O–H groups in total. The normalized spacial score (nSPS) is 17.0. The number of hydrogen-bond donors (Lipinski definition) is 0. The molecular formula is C20H31N3S. The average Bonchev–Trinajstić information content (AvgIpc) is 3.07. The van der Waals surface area contributed by atoms with E-state index in [2.05, 4.69) is 44.6 Å². The van der Waals surface area contributed by atoms with Gasteiger partial charge < -0.3 is 4.90 Å². The number of rotatable bonds is 6. The first-order valence-corrected chi connectivity index (χ1v) is 10.1. The van der Waals surface area contributed by atoms with Crippen LogP contribution in [0.5, 0.6) is 0 Å². The van der Waals surface area contributed by atoms with Gasteiger partial charge in [0, 0.05) is 18.5 Å². The van der Waals surface area contributed by atoms with Gasteiger partial charge in [-0.3, -0.25) is 0 Å². The van der Waals surface area contributed by atoms with Crippen LogP contribution in [0.2, 0.25) is 0 Å². The Morgan fingerprint density at radius 1 is 1.25 bits per heavy atom. The Balaban J connectivity index is 2.45. The van der Waals surface area contributed by atoms with Crippen LogP contribution in [0.15, 0.2) is 28.1 Å². The highest BCUT2D eigenvalue weighted by molar-refractivity contribution is 7.10. The van der Waals surface area contributed by atoms with Crippen LogP contribution in [0, 0.1) is 0 Å². The smallest absolute Gasteiger partial charge is 0.142 e. The highest BCUT2D eigenvalue weighted by Gasteiger charge is 2.17. The first-order valence-electron chi connectivity index (χ1n) is 9.20. The van der Waals surface area contributed by atoms with Crippen molar-refractivity contribution < 1.29 is 0 Å². The molecule has 0 saturated carbocycles. The summed E-state index contributed by atoms with van der Waals surface area (Å²) in [6, 6.07) is 0. The number of aryl methyl sites for hydroxylation is 1. The Labute approximate surface area is 151 Å². The van der Waals surface area contributed by atoms with Crippen molar-refractivity contribution >= 4 is 22.9 Å². The molecule has 1 saturated heterocycles. The van der Waals surface area contributed by atoms with Crippen LogP contribution in [-0.4, -0.2) is 28.8 Å². The van der Waals surface area contributed by atoms with Crippen LogP contribution >= 0.6 is 11.3 Å². The molecule has 0 radical (unpaired) electrons. The van der Waals surface area contributed by atoms with Crippen molar-refractivity contribution in [3.05, 3.63) is 33.8 Å². The number of amidine groups is 1. The summed E-state index contributed by atoms with van der Waals surface area (Å²) in [6.45, 7) is 15.0. The third-order valence-electron chi connectivity index (χ3n) is 4.50. The monoisotopic (exact) mass is 345 g/mol. The van der Waals surface area contributed by atoms with Gasteiger partial charge in [-0.05, 0) is 51.5 Å². The van der Waals surface area contributed by atoms with Gasteiger partial charge in [0.05, 0.1) is 5.69 Å². The fourth-order valence-electron chi connectivity index (χ4n) is 3.06. The van der Waals surface area contributed by atoms with Crippen molar-refractivity contribution in [1.82, 2.24) is 9.88 Å². The zero-order chi connectivity index (χ0) is 17.5. The summed E-state index contributed by atoms with van der Waals surface area (Å²) in [7, 11) is 0. The fraction of sp³-hybridized carbons (Fsp3) is 0.600. The van der Waals surface area contributed by atoms with Gasteiger partial charge in [0.25, 0.3) is 0 Å². The van der Waals surface area contributed by atoms with Crippen molar-refractivity contribution in [2.45, 2.75) is 66.2 Å². The van der Waals surface area contributed by atoms with Crippen LogP contribution in [0.25, 0.3) is 5.70 Å². The van der Waals surface area contributed by atoms with Crippen molar-refractivity contribution in [2.24, 2.45) is 4.99 Å². The van der Waals surface area contributed by atoms with E-state index >= 15 is 0 Å². The summed E-state index contributed by atoms with van der Waals surface area (Å²) in [5.74, 6) is 1.12. The molecule has 2 rings (SSSR count). The molecule has 1 aromatic rings. The largest absolute Gasteiger partial charge is 0.360 e. The minimum absolute atomic E-state index is 0.967. The van der Waals surface area contributed by atoms with Crippen LogP contribution in [-0.2, 0) is 6.42 Å². The van der Waals surface area contributed by atoms with E-state index in [0.29, 0.717) is 0 Å². The molecule has 0 unspecified atom stereocenters. The zero-order valence-corrected chi connectivity index (χ0v) is 16.5. The Morgan fingerprint density at radius 3 is 2.50 bits per heavy atom. The third kappa shape index (κ3) is 4.79. The second kappa shape index (κ2) is 9.16. The van der Waals surface area contributed by atoms with Crippen molar-refractivity contribution in [1.29, 1.82) is 0 Å². The lowest BCUT2D eigenvalue weighted by atomic mass is 10.0. The number of likely N-dealkylation sites (tertiary alicyclic amines) is 1. The number of aromatic nitrogens is 1.